The molecule has 2 aromatic heterocycles. The number of hydrogen-bond acceptors (Lipinski definition) is 5. The summed E-state index contributed by atoms with van der Waals surface area (Å²) in [6.45, 7) is 7.66. The standard InChI is InChI=1S/C15H18ClN3O2S/c1-10-14(11(2)21-17-10)15(20)19-7-5-18(6-8-19)9-12-3-4-13(16)22-12/h3-4H,5-9H2,1-2H3. The maximum Gasteiger partial charge on any atom is 0.259 e. The fraction of sp³-hybridized carbons (Fsp3) is 0.467. The lowest BCUT2D eigenvalue weighted by Crippen LogP contribution is -2.48. The third-order valence-corrected chi connectivity index (χ3v) is 5.13. The largest absolute Gasteiger partial charge is 0.361 e. The Balaban J connectivity index is 1.58. The van der Waals surface area contributed by atoms with E-state index in [0.29, 0.717) is 17.0 Å². The first-order valence-corrected chi connectivity index (χ1v) is 8.43. The molecule has 1 saturated heterocycles. The van der Waals surface area contributed by atoms with E-state index in [1.807, 2.05) is 11.0 Å². The van der Waals surface area contributed by atoms with Gasteiger partial charge >= 0.3 is 0 Å². The molecule has 0 aromatic carbocycles. The van der Waals surface area contributed by atoms with Crippen LogP contribution in [0.3, 0.4) is 0 Å². The second-order valence-electron chi connectivity index (χ2n) is 5.47. The molecule has 1 fully saturated rings. The van der Waals surface area contributed by atoms with E-state index < -0.39 is 0 Å². The minimum atomic E-state index is 0.0232. The number of amides is 1. The molecule has 0 unspecified atom stereocenters. The molecule has 3 heterocycles. The van der Waals surface area contributed by atoms with Gasteiger partial charge in [0, 0.05) is 37.6 Å². The highest BCUT2D eigenvalue weighted by Crippen LogP contribution is 2.23. The molecule has 1 aliphatic heterocycles. The lowest BCUT2D eigenvalue weighted by molar-refractivity contribution is 0.0627. The average molecular weight is 340 g/mol. The van der Waals surface area contributed by atoms with E-state index in [9.17, 15) is 4.79 Å². The molecule has 7 heteroatoms. The predicted octanol–water partition coefficient (Wildman–Crippen LogP) is 2.96. The Morgan fingerprint density at radius 2 is 2.05 bits per heavy atom. The molecule has 0 aliphatic carbocycles. The third kappa shape index (κ3) is 3.19. The smallest absolute Gasteiger partial charge is 0.259 e. The van der Waals surface area contributed by atoms with Crippen molar-refractivity contribution in [2.45, 2.75) is 20.4 Å². The molecular weight excluding hydrogens is 322 g/mol. The highest BCUT2D eigenvalue weighted by atomic mass is 35.5. The number of hydrogen-bond donors (Lipinski definition) is 0. The van der Waals surface area contributed by atoms with Crippen LogP contribution < -0.4 is 0 Å². The fourth-order valence-electron chi connectivity index (χ4n) is 2.71. The molecule has 1 aliphatic rings. The van der Waals surface area contributed by atoms with E-state index in [2.05, 4.69) is 16.1 Å². The van der Waals surface area contributed by atoms with Gasteiger partial charge in [0.05, 0.1) is 10.0 Å². The molecule has 2 aromatic rings. The van der Waals surface area contributed by atoms with Crippen molar-refractivity contribution >= 4 is 28.8 Å². The van der Waals surface area contributed by atoms with Crippen LogP contribution in [-0.2, 0) is 6.54 Å². The Morgan fingerprint density at radius 3 is 2.59 bits per heavy atom. The monoisotopic (exact) mass is 339 g/mol. The van der Waals surface area contributed by atoms with Gasteiger partial charge in [-0.25, -0.2) is 0 Å². The van der Waals surface area contributed by atoms with Gasteiger partial charge < -0.3 is 9.42 Å². The Morgan fingerprint density at radius 1 is 1.32 bits per heavy atom. The number of thiophene rings is 1. The van der Waals surface area contributed by atoms with Crippen molar-refractivity contribution in [3.05, 3.63) is 38.4 Å². The zero-order chi connectivity index (χ0) is 15.7. The Hall–Kier alpha value is -1.37. The zero-order valence-corrected chi connectivity index (χ0v) is 14.2. The summed E-state index contributed by atoms with van der Waals surface area (Å²) in [5.41, 5.74) is 1.27. The maximum absolute atomic E-state index is 12.6. The van der Waals surface area contributed by atoms with E-state index >= 15 is 0 Å². The molecule has 118 valence electrons. The van der Waals surface area contributed by atoms with Crippen molar-refractivity contribution in [1.29, 1.82) is 0 Å². The van der Waals surface area contributed by atoms with Crippen molar-refractivity contribution in [1.82, 2.24) is 15.0 Å². The first-order valence-electron chi connectivity index (χ1n) is 7.23. The number of nitrogens with zero attached hydrogens (tertiary/aromatic N) is 3. The van der Waals surface area contributed by atoms with Gasteiger partial charge in [-0.1, -0.05) is 16.8 Å². The summed E-state index contributed by atoms with van der Waals surface area (Å²) < 4.78 is 5.91. The van der Waals surface area contributed by atoms with Crippen molar-refractivity contribution in [2.75, 3.05) is 26.2 Å². The Labute approximate surface area is 138 Å². The summed E-state index contributed by atoms with van der Waals surface area (Å²) in [4.78, 5) is 18.0. The van der Waals surface area contributed by atoms with Crippen molar-refractivity contribution < 1.29 is 9.32 Å². The second-order valence-corrected chi connectivity index (χ2v) is 7.27. The van der Waals surface area contributed by atoms with Gasteiger partial charge in [0.2, 0.25) is 0 Å². The number of aromatic nitrogens is 1. The number of carbonyl (C=O) groups excluding carboxylic acids is 1. The van der Waals surface area contributed by atoms with E-state index in [1.165, 1.54) is 4.88 Å². The average Bonchev–Trinajstić information content (AvgIpc) is 3.05. The number of aryl methyl sites for hydroxylation is 2. The maximum atomic E-state index is 12.6. The van der Waals surface area contributed by atoms with Crippen molar-refractivity contribution in [3.63, 3.8) is 0 Å². The topological polar surface area (TPSA) is 49.6 Å². The number of halogens is 1. The fourth-order valence-corrected chi connectivity index (χ4v) is 3.84. The SMILES string of the molecule is Cc1noc(C)c1C(=O)N1CCN(Cc2ccc(Cl)s2)CC1. The second kappa shape index (κ2) is 6.40. The molecular formula is C15H18ClN3O2S. The van der Waals surface area contributed by atoms with Crippen LogP contribution in [0.4, 0.5) is 0 Å². The zero-order valence-electron chi connectivity index (χ0n) is 12.6. The Bertz CT molecular complexity index is 655. The summed E-state index contributed by atoms with van der Waals surface area (Å²) >= 11 is 7.57. The summed E-state index contributed by atoms with van der Waals surface area (Å²) in [5.74, 6) is 0.619. The van der Waals surface area contributed by atoms with Crippen LogP contribution in [0, 0.1) is 13.8 Å². The molecule has 22 heavy (non-hydrogen) atoms. The van der Waals surface area contributed by atoms with E-state index in [-0.39, 0.29) is 5.91 Å². The lowest BCUT2D eigenvalue weighted by atomic mass is 10.1. The number of piperazine rings is 1. The quantitative estimate of drug-likeness (QED) is 0.862. The van der Waals surface area contributed by atoms with Gasteiger partial charge in [-0.2, -0.15) is 0 Å². The molecule has 0 atom stereocenters. The molecule has 1 amide bonds. The highest BCUT2D eigenvalue weighted by molar-refractivity contribution is 7.16. The Kier molecular flexibility index (Phi) is 4.52. The van der Waals surface area contributed by atoms with Gasteiger partial charge in [-0.3, -0.25) is 9.69 Å². The lowest BCUT2D eigenvalue weighted by Gasteiger charge is -2.34. The van der Waals surface area contributed by atoms with Gasteiger partial charge in [-0.05, 0) is 26.0 Å². The number of carbonyl (C=O) groups is 1. The summed E-state index contributed by atoms with van der Waals surface area (Å²) in [7, 11) is 0. The molecule has 3 rings (SSSR count). The first kappa shape index (κ1) is 15.5. The minimum Gasteiger partial charge on any atom is -0.361 e. The predicted molar refractivity (Wildman–Crippen MR) is 86.5 cm³/mol. The molecule has 0 N–H and O–H groups in total. The van der Waals surface area contributed by atoms with E-state index in [0.717, 1.165) is 37.1 Å². The van der Waals surface area contributed by atoms with Crippen LogP contribution in [0.2, 0.25) is 4.34 Å². The van der Waals surface area contributed by atoms with Crippen LogP contribution in [0.1, 0.15) is 26.7 Å². The normalized spacial score (nSPS) is 16.2. The van der Waals surface area contributed by atoms with Gasteiger partial charge in [0.15, 0.2) is 0 Å². The molecule has 0 radical (unpaired) electrons. The highest BCUT2D eigenvalue weighted by Gasteiger charge is 2.26. The van der Waals surface area contributed by atoms with Crippen LogP contribution in [-0.4, -0.2) is 47.0 Å². The van der Waals surface area contributed by atoms with Gasteiger partial charge in [0.1, 0.15) is 11.3 Å². The van der Waals surface area contributed by atoms with Gasteiger partial charge in [-0.15, -0.1) is 11.3 Å². The minimum absolute atomic E-state index is 0.0232. The third-order valence-electron chi connectivity index (χ3n) is 3.92. The van der Waals surface area contributed by atoms with E-state index in [4.69, 9.17) is 16.1 Å². The number of rotatable bonds is 3. The van der Waals surface area contributed by atoms with Crippen LogP contribution >= 0.6 is 22.9 Å². The van der Waals surface area contributed by atoms with Crippen molar-refractivity contribution in [2.24, 2.45) is 0 Å². The van der Waals surface area contributed by atoms with Crippen LogP contribution in [0.15, 0.2) is 16.7 Å². The summed E-state index contributed by atoms with van der Waals surface area (Å²) in [6.07, 6.45) is 0. The summed E-state index contributed by atoms with van der Waals surface area (Å²) in [5, 5.41) is 3.86. The first-order chi connectivity index (χ1) is 10.5. The molecule has 5 nitrogen and oxygen atoms in total. The summed E-state index contributed by atoms with van der Waals surface area (Å²) in [6, 6.07) is 3.99. The molecule has 0 spiro atoms. The molecule has 0 bridgehead atoms. The van der Waals surface area contributed by atoms with Crippen LogP contribution in [0.25, 0.3) is 0 Å². The van der Waals surface area contributed by atoms with E-state index in [1.54, 1.807) is 25.2 Å². The van der Waals surface area contributed by atoms with Crippen LogP contribution in [0.5, 0.6) is 0 Å². The van der Waals surface area contributed by atoms with Crippen molar-refractivity contribution in [3.8, 4) is 0 Å². The van der Waals surface area contributed by atoms with Gasteiger partial charge in [0.25, 0.3) is 5.91 Å². The molecule has 0 saturated carbocycles.